The average molecular weight is 589 g/mol. The van der Waals surface area contributed by atoms with E-state index in [1.807, 2.05) is 31.2 Å². The number of hydrogen-bond donors (Lipinski definition) is 1. The highest BCUT2D eigenvalue weighted by Crippen LogP contribution is 2.32. The molecule has 0 saturated carbocycles. The van der Waals surface area contributed by atoms with Crippen LogP contribution in [0.25, 0.3) is 0 Å². The second kappa shape index (κ2) is 12.2. The Labute approximate surface area is 226 Å². The first-order valence-corrected chi connectivity index (χ1v) is 13.8. The second-order valence-electron chi connectivity index (χ2n) is 8.44. The number of rotatable bonds is 10. The van der Waals surface area contributed by atoms with Crippen molar-refractivity contribution >= 4 is 43.5 Å². The van der Waals surface area contributed by atoms with Crippen LogP contribution in [-0.4, -0.2) is 51.9 Å². The maximum atomic E-state index is 13.8. The lowest BCUT2D eigenvalue weighted by Crippen LogP contribution is -2.50. The topological polar surface area (TPSA) is 96.0 Å². The van der Waals surface area contributed by atoms with Gasteiger partial charge in [0.2, 0.25) is 11.8 Å². The van der Waals surface area contributed by atoms with E-state index in [9.17, 15) is 18.0 Å². The number of carbonyl (C=O) groups excluding carboxylic acids is 2. The number of hydrogen-bond acceptors (Lipinski definition) is 5. The van der Waals surface area contributed by atoms with E-state index in [1.165, 1.54) is 31.2 Å². The Hall–Kier alpha value is -3.37. The predicted octanol–water partition coefficient (Wildman–Crippen LogP) is 4.12. The van der Waals surface area contributed by atoms with Crippen molar-refractivity contribution < 1.29 is 22.7 Å². The maximum Gasteiger partial charge on any atom is 0.264 e. The molecule has 1 N–H and O–H groups in total. The van der Waals surface area contributed by atoms with Crippen LogP contribution in [0.1, 0.15) is 18.1 Å². The fraction of sp³-hybridized carbons (Fsp3) is 0.259. The number of aryl methyl sites for hydroxylation is 1. The molecule has 0 radical (unpaired) electrons. The fourth-order valence-corrected chi connectivity index (χ4v) is 5.68. The Morgan fingerprint density at radius 1 is 1.03 bits per heavy atom. The molecule has 1 unspecified atom stereocenters. The van der Waals surface area contributed by atoms with Crippen molar-refractivity contribution in [2.75, 3.05) is 25.0 Å². The van der Waals surface area contributed by atoms with Crippen LogP contribution in [0.5, 0.6) is 5.75 Å². The number of likely N-dealkylation sites (N-methyl/N-ethyl adjacent to an activating group) is 1. The lowest BCUT2D eigenvalue weighted by Gasteiger charge is -2.32. The lowest BCUT2D eigenvalue weighted by atomic mass is 10.1. The summed E-state index contributed by atoms with van der Waals surface area (Å²) < 4.78 is 35.0. The number of ether oxygens (including phenoxy) is 1. The lowest BCUT2D eigenvalue weighted by molar-refractivity contribution is -0.139. The van der Waals surface area contributed by atoms with Crippen LogP contribution in [0.2, 0.25) is 0 Å². The van der Waals surface area contributed by atoms with Gasteiger partial charge < -0.3 is 15.0 Å². The Balaban J connectivity index is 2.07. The van der Waals surface area contributed by atoms with Gasteiger partial charge in [0.15, 0.2) is 0 Å². The van der Waals surface area contributed by atoms with Crippen LogP contribution in [0.4, 0.5) is 5.69 Å². The second-order valence-corrected chi connectivity index (χ2v) is 11.2. The molecule has 0 bridgehead atoms. The number of anilines is 1. The number of nitrogens with zero attached hydrogens (tertiary/aromatic N) is 2. The van der Waals surface area contributed by atoms with Gasteiger partial charge >= 0.3 is 0 Å². The Morgan fingerprint density at radius 2 is 1.70 bits per heavy atom. The summed E-state index contributed by atoms with van der Waals surface area (Å²) in [5.41, 5.74) is 1.90. The number of methoxy groups -OCH3 is 1. The highest BCUT2D eigenvalue weighted by molar-refractivity contribution is 9.10. The smallest absolute Gasteiger partial charge is 0.264 e. The molecule has 1 atom stereocenters. The van der Waals surface area contributed by atoms with E-state index in [2.05, 4.69) is 21.2 Å². The number of para-hydroxylation sites is 2. The molecule has 3 aromatic carbocycles. The van der Waals surface area contributed by atoms with E-state index < -0.39 is 28.5 Å². The van der Waals surface area contributed by atoms with Crippen molar-refractivity contribution in [1.82, 2.24) is 10.2 Å². The van der Waals surface area contributed by atoms with Crippen molar-refractivity contribution in [2.45, 2.75) is 31.3 Å². The molecule has 0 aliphatic heterocycles. The number of nitrogens with one attached hydrogen (secondary N) is 1. The quantitative estimate of drug-likeness (QED) is 0.385. The van der Waals surface area contributed by atoms with Crippen molar-refractivity contribution in [2.24, 2.45) is 0 Å². The van der Waals surface area contributed by atoms with Gasteiger partial charge in [0.25, 0.3) is 10.0 Å². The Bertz CT molecular complexity index is 1360. The van der Waals surface area contributed by atoms with E-state index in [4.69, 9.17) is 4.74 Å². The molecule has 3 rings (SSSR count). The minimum atomic E-state index is -4.17. The van der Waals surface area contributed by atoms with Gasteiger partial charge in [-0.05, 0) is 55.8 Å². The normalized spacial score (nSPS) is 11.9. The summed E-state index contributed by atoms with van der Waals surface area (Å²) in [5.74, 6) is -0.616. The summed E-state index contributed by atoms with van der Waals surface area (Å²) >= 11 is 3.43. The van der Waals surface area contributed by atoms with Gasteiger partial charge in [0, 0.05) is 18.1 Å². The molecule has 0 saturated heterocycles. The highest BCUT2D eigenvalue weighted by atomic mass is 79.9. The number of amides is 2. The summed E-state index contributed by atoms with van der Waals surface area (Å²) in [6, 6.07) is 19.5. The van der Waals surface area contributed by atoms with Crippen LogP contribution in [0, 0.1) is 6.92 Å². The highest BCUT2D eigenvalue weighted by Gasteiger charge is 2.33. The maximum absolute atomic E-state index is 13.8. The molecule has 8 nitrogen and oxygen atoms in total. The van der Waals surface area contributed by atoms with E-state index in [1.54, 1.807) is 43.3 Å². The molecule has 0 aliphatic carbocycles. The summed E-state index contributed by atoms with van der Waals surface area (Å²) in [7, 11) is -1.24. The van der Waals surface area contributed by atoms with Gasteiger partial charge in [0.05, 0.1) is 17.7 Å². The van der Waals surface area contributed by atoms with Crippen LogP contribution in [0.15, 0.2) is 82.2 Å². The van der Waals surface area contributed by atoms with Crippen molar-refractivity contribution in [3.05, 3.63) is 88.4 Å². The van der Waals surface area contributed by atoms with Gasteiger partial charge in [-0.25, -0.2) is 8.42 Å². The SMILES string of the molecule is CNC(=O)C(C)N(Cc1cccc(Br)c1)C(=O)CN(c1ccccc1OC)S(=O)(=O)c1ccc(C)cc1. The molecular formula is C27H30BrN3O5S. The zero-order chi connectivity index (χ0) is 27.2. The summed E-state index contributed by atoms with van der Waals surface area (Å²) in [5, 5.41) is 2.57. The van der Waals surface area contributed by atoms with Gasteiger partial charge in [-0.3, -0.25) is 13.9 Å². The molecule has 10 heteroatoms. The zero-order valence-electron chi connectivity index (χ0n) is 21.1. The monoisotopic (exact) mass is 587 g/mol. The number of benzene rings is 3. The third-order valence-electron chi connectivity index (χ3n) is 5.90. The first-order valence-electron chi connectivity index (χ1n) is 11.6. The van der Waals surface area contributed by atoms with Crippen molar-refractivity contribution in [3.63, 3.8) is 0 Å². The number of halogens is 1. The third-order valence-corrected chi connectivity index (χ3v) is 8.16. The first-order chi connectivity index (χ1) is 17.6. The van der Waals surface area contributed by atoms with Crippen LogP contribution in [0.3, 0.4) is 0 Å². The number of carbonyl (C=O) groups is 2. The fourth-order valence-electron chi connectivity index (χ4n) is 3.81. The molecular weight excluding hydrogens is 558 g/mol. The van der Waals surface area contributed by atoms with Gasteiger partial charge in [-0.15, -0.1) is 0 Å². The van der Waals surface area contributed by atoms with Gasteiger partial charge in [-0.2, -0.15) is 0 Å². The molecule has 0 spiro atoms. The van der Waals surface area contributed by atoms with E-state index >= 15 is 0 Å². The van der Waals surface area contributed by atoms with Crippen molar-refractivity contribution in [3.8, 4) is 5.75 Å². The standard InChI is InChI=1S/C27H30BrN3O5S/c1-19-12-14-23(15-13-19)37(34,35)31(24-10-5-6-11-25(24)36-4)18-26(32)30(20(2)27(33)29-3)17-21-8-7-9-22(28)16-21/h5-16,20H,17-18H2,1-4H3,(H,29,33). The summed E-state index contributed by atoms with van der Waals surface area (Å²) in [6.07, 6.45) is 0. The largest absolute Gasteiger partial charge is 0.495 e. The molecule has 0 aromatic heterocycles. The molecule has 3 aromatic rings. The van der Waals surface area contributed by atoms with Crippen LogP contribution >= 0.6 is 15.9 Å². The molecule has 37 heavy (non-hydrogen) atoms. The molecule has 0 aliphatic rings. The van der Waals surface area contributed by atoms with Crippen molar-refractivity contribution in [1.29, 1.82) is 0 Å². The third kappa shape index (κ3) is 6.69. The average Bonchev–Trinajstić information content (AvgIpc) is 2.89. The predicted molar refractivity (Wildman–Crippen MR) is 147 cm³/mol. The molecule has 2 amide bonds. The molecule has 0 heterocycles. The first kappa shape index (κ1) is 28.2. The Morgan fingerprint density at radius 3 is 2.32 bits per heavy atom. The minimum absolute atomic E-state index is 0.0368. The van der Waals surface area contributed by atoms with E-state index in [-0.39, 0.29) is 23.0 Å². The number of sulfonamides is 1. The molecule has 0 fully saturated rings. The van der Waals surface area contributed by atoms with E-state index in [0.717, 1.165) is 19.9 Å². The van der Waals surface area contributed by atoms with Gasteiger partial charge in [0.1, 0.15) is 18.3 Å². The van der Waals surface area contributed by atoms with E-state index in [0.29, 0.717) is 5.75 Å². The van der Waals surface area contributed by atoms with Crippen LogP contribution < -0.4 is 14.4 Å². The zero-order valence-corrected chi connectivity index (χ0v) is 23.5. The summed E-state index contributed by atoms with van der Waals surface area (Å²) in [6.45, 7) is 3.04. The summed E-state index contributed by atoms with van der Waals surface area (Å²) in [4.78, 5) is 27.8. The minimum Gasteiger partial charge on any atom is -0.495 e. The Kier molecular flexibility index (Phi) is 9.34. The molecule has 196 valence electrons. The van der Waals surface area contributed by atoms with Crippen LogP contribution in [-0.2, 0) is 26.2 Å². The van der Waals surface area contributed by atoms with Gasteiger partial charge in [-0.1, -0.05) is 57.9 Å².